The average Bonchev–Trinajstić information content (AvgIpc) is 2.82. The molecule has 2 aromatic rings. The molecule has 1 saturated heterocycles. The zero-order valence-corrected chi connectivity index (χ0v) is 13.6. The second-order valence-corrected chi connectivity index (χ2v) is 6.55. The van der Waals surface area contributed by atoms with Gasteiger partial charge in [-0.2, -0.15) is 0 Å². The zero-order valence-electron chi connectivity index (χ0n) is 12.0. The first-order valence-corrected chi connectivity index (χ1v) is 8.00. The molecule has 4 nitrogen and oxygen atoms in total. The number of nitrogens with zero attached hydrogens (tertiary/aromatic N) is 3. The molecular weight excluding hydrogens is 328 g/mol. The van der Waals surface area contributed by atoms with Crippen molar-refractivity contribution in [2.24, 2.45) is 5.92 Å². The van der Waals surface area contributed by atoms with E-state index >= 15 is 0 Å². The van der Waals surface area contributed by atoms with Gasteiger partial charge in [0.2, 0.25) is 5.95 Å². The van der Waals surface area contributed by atoms with E-state index in [9.17, 15) is 0 Å². The summed E-state index contributed by atoms with van der Waals surface area (Å²) in [6, 6.07) is 11.0. The molecular formula is C16H19BrN4. The van der Waals surface area contributed by atoms with Crippen LogP contribution in [0.3, 0.4) is 0 Å². The number of hydrogen-bond donors (Lipinski definition) is 1. The van der Waals surface area contributed by atoms with Gasteiger partial charge in [0, 0.05) is 38.1 Å². The van der Waals surface area contributed by atoms with Crippen LogP contribution in [-0.4, -0.2) is 34.0 Å². The van der Waals surface area contributed by atoms with E-state index in [1.165, 1.54) is 5.56 Å². The van der Waals surface area contributed by atoms with Crippen LogP contribution in [0.2, 0.25) is 0 Å². The van der Waals surface area contributed by atoms with Crippen molar-refractivity contribution in [3.05, 3.63) is 52.8 Å². The molecule has 110 valence electrons. The molecule has 2 unspecified atom stereocenters. The highest BCUT2D eigenvalue weighted by Gasteiger charge is 2.29. The SMILES string of the molecule is CC1CN(Cc2ccccc2)CC1Nc1ncc(Br)cn1. The summed E-state index contributed by atoms with van der Waals surface area (Å²) in [7, 11) is 0. The largest absolute Gasteiger partial charge is 0.350 e. The lowest BCUT2D eigenvalue weighted by atomic mass is 10.1. The van der Waals surface area contributed by atoms with Crippen LogP contribution in [0.4, 0.5) is 5.95 Å². The molecule has 0 bridgehead atoms. The fourth-order valence-corrected chi connectivity index (χ4v) is 2.98. The minimum atomic E-state index is 0.398. The van der Waals surface area contributed by atoms with Crippen LogP contribution in [0, 0.1) is 5.92 Å². The van der Waals surface area contributed by atoms with Gasteiger partial charge in [0.15, 0.2) is 0 Å². The van der Waals surface area contributed by atoms with Crippen LogP contribution < -0.4 is 5.32 Å². The van der Waals surface area contributed by atoms with Gasteiger partial charge in [-0.05, 0) is 27.4 Å². The number of anilines is 1. The molecule has 0 aliphatic carbocycles. The van der Waals surface area contributed by atoms with Crippen LogP contribution in [0.15, 0.2) is 47.2 Å². The third-order valence-electron chi connectivity index (χ3n) is 3.87. The number of rotatable bonds is 4. The quantitative estimate of drug-likeness (QED) is 0.922. The molecule has 0 amide bonds. The highest BCUT2D eigenvalue weighted by Crippen LogP contribution is 2.21. The van der Waals surface area contributed by atoms with Crippen LogP contribution in [0.1, 0.15) is 12.5 Å². The Hall–Kier alpha value is -1.46. The van der Waals surface area contributed by atoms with Gasteiger partial charge in [-0.15, -0.1) is 0 Å². The Morgan fingerprint density at radius 2 is 1.90 bits per heavy atom. The fraction of sp³-hybridized carbons (Fsp3) is 0.375. The van der Waals surface area contributed by atoms with Gasteiger partial charge in [-0.25, -0.2) is 9.97 Å². The maximum absolute atomic E-state index is 4.30. The average molecular weight is 347 g/mol. The summed E-state index contributed by atoms with van der Waals surface area (Å²) in [4.78, 5) is 11.1. The first-order chi connectivity index (χ1) is 10.2. The topological polar surface area (TPSA) is 41.0 Å². The molecule has 1 aromatic carbocycles. The van der Waals surface area contributed by atoms with Crippen molar-refractivity contribution < 1.29 is 0 Å². The standard InChI is InChI=1S/C16H19BrN4/c1-12-9-21(10-13-5-3-2-4-6-13)11-15(12)20-16-18-7-14(17)8-19-16/h2-8,12,15H,9-11H2,1H3,(H,18,19,20). The van der Waals surface area contributed by atoms with E-state index in [4.69, 9.17) is 0 Å². The van der Waals surface area contributed by atoms with Crippen LogP contribution in [-0.2, 0) is 6.54 Å². The summed E-state index contributed by atoms with van der Waals surface area (Å²) < 4.78 is 0.901. The van der Waals surface area contributed by atoms with E-state index in [1.807, 2.05) is 0 Å². The summed E-state index contributed by atoms with van der Waals surface area (Å²) in [5, 5.41) is 3.45. The first kappa shape index (κ1) is 14.5. The van der Waals surface area contributed by atoms with Gasteiger partial charge in [0.05, 0.1) is 4.47 Å². The summed E-state index contributed by atoms with van der Waals surface area (Å²) in [6.07, 6.45) is 3.55. The molecule has 21 heavy (non-hydrogen) atoms. The van der Waals surface area contributed by atoms with Crippen molar-refractivity contribution >= 4 is 21.9 Å². The molecule has 2 atom stereocenters. The van der Waals surface area contributed by atoms with Gasteiger partial charge < -0.3 is 5.32 Å². The Balaban J connectivity index is 1.59. The monoisotopic (exact) mass is 346 g/mol. The molecule has 1 aromatic heterocycles. The maximum Gasteiger partial charge on any atom is 0.222 e. The molecule has 5 heteroatoms. The molecule has 1 aliphatic heterocycles. The van der Waals surface area contributed by atoms with Crippen molar-refractivity contribution in [2.75, 3.05) is 18.4 Å². The summed E-state index contributed by atoms with van der Waals surface area (Å²) in [5.41, 5.74) is 1.37. The van der Waals surface area contributed by atoms with E-state index in [-0.39, 0.29) is 0 Å². The molecule has 2 heterocycles. The van der Waals surface area contributed by atoms with E-state index in [2.05, 4.69) is 73.4 Å². The normalized spacial score (nSPS) is 22.4. The number of likely N-dealkylation sites (tertiary alicyclic amines) is 1. The minimum absolute atomic E-state index is 0.398. The van der Waals surface area contributed by atoms with Gasteiger partial charge >= 0.3 is 0 Å². The molecule has 1 fully saturated rings. The highest BCUT2D eigenvalue weighted by molar-refractivity contribution is 9.10. The molecule has 0 saturated carbocycles. The zero-order chi connectivity index (χ0) is 14.7. The van der Waals surface area contributed by atoms with Crippen LogP contribution in [0.25, 0.3) is 0 Å². The third kappa shape index (κ3) is 3.80. The number of hydrogen-bond acceptors (Lipinski definition) is 4. The highest BCUT2D eigenvalue weighted by atomic mass is 79.9. The molecule has 3 rings (SSSR count). The molecule has 0 spiro atoms. The molecule has 1 aliphatic rings. The number of nitrogens with one attached hydrogen (secondary N) is 1. The maximum atomic E-state index is 4.30. The minimum Gasteiger partial charge on any atom is -0.350 e. The van der Waals surface area contributed by atoms with E-state index < -0.39 is 0 Å². The Bertz CT molecular complexity index is 573. The smallest absolute Gasteiger partial charge is 0.222 e. The number of halogens is 1. The van der Waals surface area contributed by atoms with Crippen molar-refractivity contribution in [1.29, 1.82) is 0 Å². The lowest BCUT2D eigenvalue weighted by Gasteiger charge is -2.17. The lowest BCUT2D eigenvalue weighted by Crippen LogP contribution is -2.28. The second kappa shape index (κ2) is 6.54. The van der Waals surface area contributed by atoms with Crippen molar-refractivity contribution in [3.8, 4) is 0 Å². The first-order valence-electron chi connectivity index (χ1n) is 7.21. The van der Waals surface area contributed by atoms with Gasteiger partial charge in [-0.3, -0.25) is 4.90 Å². The Kier molecular flexibility index (Phi) is 4.51. The van der Waals surface area contributed by atoms with E-state index in [0.717, 1.165) is 24.1 Å². The van der Waals surface area contributed by atoms with Crippen molar-refractivity contribution in [1.82, 2.24) is 14.9 Å². The lowest BCUT2D eigenvalue weighted by molar-refractivity contribution is 0.319. The third-order valence-corrected chi connectivity index (χ3v) is 4.28. The van der Waals surface area contributed by atoms with Crippen molar-refractivity contribution in [2.45, 2.75) is 19.5 Å². The Morgan fingerprint density at radius 3 is 2.62 bits per heavy atom. The fourth-order valence-electron chi connectivity index (χ4n) is 2.78. The summed E-state index contributed by atoms with van der Waals surface area (Å²) >= 11 is 3.36. The van der Waals surface area contributed by atoms with Gasteiger partial charge in [0.25, 0.3) is 0 Å². The molecule has 1 N–H and O–H groups in total. The second-order valence-electron chi connectivity index (χ2n) is 5.63. The summed E-state index contributed by atoms with van der Waals surface area (Å²) in [5.74, 6) is 1.29. The van der Waals surface area contributed by atoms with Gasteiger partial charge in [-0.1, -0.05) is 37.3 Å². The number of aromatic nitrogens is 2. The van der Waals surface area contributed by atoms with E-state index in [1.54, 1.807) is 12.4 Å². The van der Waals surface area contributed by atoms with Gasteiger partial charge in [0.1, 0.15) is 0 Å². The van der Waals surface area contributed by atoms with E-state index in [0.29, 0.717) is 17.9 Å². The van der Waals surface area contributed by atoms with Crippen LogP contribution in [0.5, 0.6) is 0 Å². The van der Waals surface area contributed by atoms with Crippen molar-refractivity contribution in [3.63, 3.8) is 0 Å². The Labute approximate surface area is 133 Å². The predicted molar refractivity (Wildman–Crippen MR) is 88.0 cm³/mol. The molecule has 0 radical (unpaired) electrons. The summed E-state index contributed by atoms with van der Waals surface area (Å²) in [6.45, 7) is 5.41. The Morgan fingerprint density at radius 1 is 1.19 bits per heavy atom. The predicted octanol–water partition coefficient (Wildman–Crippen LogP) is 3.17. The number of benzene rings is 1. The van der Waals surface area contributed by atoms with Crippen LogP contribution >= 0.6 is 15.9 Å².